The van der Waals surface area contributed by atoms with E-state index < -0.39 is 27.9 Å². The molecular weight excluding hydrogens is 471 g/mol. The number of nitrogens with zero attached hydrogens (tertiary/aromatic N) is 2. The maximum absolute atomic E-state index is 12.9. The quantitative estimate of drug-likeness (QED) is 0.371. The van der Waals surface area contributed by atoms with Gasteiger partial charge in [0.15, 0.2) is 0 Å². The van der Waals surface area contributed by atoms with Gasteiger partial charge in [-0.2, -0.15) is 13.2 Å². The van der Waals surface area contributed by atoms with Gasteiger partial charge in [0.25, 0.3) is 11.6 Å². The van der Waals surface area contributed by atoms with Crippen LogP contribution in [0.5, 0.6) is 0 Å². The van der Waals surface area contributed by atoms with Crippen LogP contribution in [0.15, 0.2) is 72.8 Å². The third-order valence-electron chi connectivity index (χ3n) is 5.09. The molecule has 0 bridgehead atoms. The Morgan fingerprint density at radius 3 is 2.44 bits per heavy atom. The average molecular weight is 487 g/mol. The molecule has 0 radical (unpaired) electrons. The Morgan fingerprint density at radius 1 is 1.06 bits per heavy atom. The van der Waals surface area contributed by atoms with Crippen LogP contribution in [0.1, 0.15) is 26.9 Å². The highest BCUT2D eigenvalue weighted by molar-refractivity contribution is 8.00. The van der Waals surface area contributed by atoms with Gasteiger partial charge in [-0.15, -0.1) is 11.8 Å². The first-order valence-corrected chi connectivity index (χ1v) is 10.9. The van der Waals surface area contributed by atoms with E-state index in [4.69, 9.17) is 0 Å². The number of hydrogen-bond donors (Lipinski definition) is 1. The van der Waals surface area contributed by atoms with Crippen molar-refractivity contribution in [1.82, 2.24) is 0 Å². The molecule has 1 N–H and O–H groups in total. The van der Waals surface area contributed by atoms with E-state index in [9.17, 15) is 32.9 Å². The van der Waals surface area contributed by atoms with Crippen LogP contribution < -0.4 is 10.2 Å². The fourth-order valence-electron chi connectivity index (χ4n) is 3.49. The number of alkyl halides is 3. The molecule has 7 nitrogen and oxygen atoms in total. The Balaban J connectivity index is 1.56. The van der Waals surface area contributed by atoms with E-state index in [1.165, 1.54) is 47.0 Å². The Labute approximate surface area is 195 Å². The lowest BCUT2D eigenvalue weighted by molar-refractivity contribution is -0.384. The maximum Gasteiger partial charge on any atom is 0.416 e. The third kappa shape index (κ3) is 4.88. The van der Waals surface area contributed by atoms with E-state index in [0.29, 0.717) is 16.9 Å². The van der Waals surface area contributed by atoms with Gasteiger partial charge in [-0.3, -0.25) is 24.6 Å². The predicted molar refractivity (Wildman–Crippen MR) is 122 cm³/mol. The lowest BCUT2D eigenvalue weighted by Crippen LogP contribution is -2.28. The predicted octanol–water partition coefficient (Wildman–Crippen LogP) is 5.64. The molecule has 1 fully saturated rings. The molecule has 2 amide bonds. The number of benzene rings is 3. The van der Waals surface area contributed by atoms with Crippen molar-refractivity contribution >= 4 is 40.6 Å². The van der Waals surface area contributed by atoms with Crippen LogP contribution in [0.4, 0.5) is 30.2 Å². The molecule has 1 aliphatic rings. The van der Waals surface area contributed by atoms with Gasteiger partial charge in [0.05, 0.1) is 16.2 Å². The maximum atomic E-state index is 12.9. The molecule has 0 unspecified atom stereocenters. The highest BCUT2D eigenvalue weighted by Crippen LogP contribution is 2.43. The topological polar surface area (TPSA) is 92.6 Å². The highest BCUT2D eigenvalue weighted by atomic mass is 32.2. The average Bonchev–Trinajstić information content (AvgIpc) is 3.20. The van der Waals surface area contributed by atoms with E-state index in [1.807, 2.05) is 0 Å². The molecule has 4 rings (SSSR count). The van der Waals surface area contributed by atoms with Crippen molar-refractivity contribution in [2.75, 3.05) is 16.0 Å². The zero-order valence-electron chi connectivity index (χ0n) is 17.3. The fourth-order valence-corrected chi connectivity index (χ4v) is 4.66. The summed E-state index contributed by atoms with van der Waals surface area (Å²) in [7, 11) is 0. The first kappa shape index (κ1) is 23.3. The van der Waals surface area contributed by atoms with Gasteiger partial charge in [-0.1, -0.05) is 18.2 Å². The van der Waals surface area contributed by atoms with Crippen LogP contribution in [-0.4, -0.2) is 22.5 Å². The van der Waals surface area contributed by atoms with Gasteiger partial charge in [0.2, 0.25) is 5.91 Å². The molecule has 0 aromatic heterocycles. The molecule has 0 saturated carbocycles. The van der Waals surface area contributed by atoms with E-state index in [2.05, 4.69) is 5.32 Å². The number of halogens is 3. The number of hydrogen-bond acceptors (Lipinski definition) is 5. The van der Waals surface area contributed by atoms with E-state index >= 15 is 0 Å². The molecule has 0 spiro atoms. The molecule has 174 valence electrons. The molecule has 11 heteroatoms. The Hall–Kier alpha value is -3.86. The van der Waals surface area contributed by atoms with Gasteiger partial charge in [0.1, 0.15) is 5.37 Å². The fraction of sp³-hybridized carbons (Fsp3) is 0.130. The molecule has 1 atom stereocenters. The zero-order chi connectivity index (χ0) is 24.5. The van der Waals surface area contributed by atoms with Crippen molar-refractivity contribution in [3.05, 3.63) is 99.6 Å². The second-order valence-electron chi connectivity index (χ2n) is 7.36. The zero-order valence-corrected chi connectivity index (χ0v) is 18.1. The number of thioether (sulfide) groups is 1. The van der Waals surface area contributed by atoms with Crippen LogP contribution in [0.2, 0.25) is 0 Å². The lowest BCUT2D eigenvalue weighted by Gasteiger charge is -2.25. The number of nitro benzene ring substituents is 1. The van der Waals surface area contributed by atoms with Crippen molar-refractivity contribution in [2.24, 2.45) is 0 Å². The number of carbonyl (C=O) groups excluding carboxylic acids is 2. The Kier molecular flexibility index (Phi) is 6.29. The second kappa shape index (κ2) is 9.18. The minimum atomic E-state index is -4.48. The lowest BCUT2D eigenvalue weighted by atomic mass is 10.1. The molecule has 3 aromatic carbocycles. The first-order chi connectivity index (χ1) is 16.1. The van der Waals surface area contributed by atoms with Crippen LogP contribution in [0.25, 0.3) is 0 Å². The number of amides is 2. The highest BCUT2D eigenvalue weighted by Gasteiger charge is 2.35. The Morgan fingerprint density at radius 2 is 1.76 bits per heavy atom. The summed E-state index contributed by atoms with van der Waals surface area (Å²) in [6, 6.07) is 16.4. The SMILES string of the molecule is O=C(Nc1cccc([C@@H]2SCC(=O)N2c2ccc(C(F)(F)F)cc2)c1)c1cccc([N+](=O)[O-])c1. The summed E-state index contributed by atoms with van der Waals surface area (Å²) in [4.78, 5) is 36.9. The van der Waals surface area contributed by atoms with Gasteiger partial charge in [-0.05, 0) is 48.0 Å². The van der Waals surface area contributed by atoms with Crippen LogP contribution >= 0.6 is 11.8 Å². The molecule has 3 aromatic rings. The van der Waals surface area contributed by atoms with Gasteiger partial charge in [0, 0.05) is 29.1 Å². The largest absolute Gasteiger partial charge is 0.416 e. The van der Waals surface area contributed by atoms with Gasteiger partial charge < -0.3 is 5.32 Å². The van der Waals surface area contributed by atoms with Crippen molar-refractivity contribution in [3.8, 4) is 0 Å². The standard InChI is InChI=1S/C23H16F3N3O4S/c24-23(25,26)16-7-9-18(10-8-16)28-20(30)13-34-22(28)15-4-1-5-17(11-15)27-21(31)14-3-2-6-19(12-14)29(32)33/h1-12,22H,13H2,(H,27,31)/t22-/m0/s1. The van der Waals surface area contributed by atoms with E-state index in [0.717, 1.165) is 18.2 Å². The van der Waals surface area contributed by atoms with Crippen LogP contribution in [0.3, 0.4) is 0 Å². The number of anilines is 2. The van der Waals surface area contributed by atoms with Gasteiger partial charge >= 0.3 is 6.18 Å². The molecule has 1 heterocycles. The third-order valence-corrected chi connectivity index (χ3v) is 6.30. The van der Waals surface area contributed by atoms with Crippen molar-refractivity contribution in [2.45, 2.75) is 11.6 Å². The normalized spacial score (nSPS) is 15.9. The molecule has 1 saturated heterocycles. The number of rotatable bonds is 5. The summed E-state index contributed by atoms with van der Waals surface area (Å²) in [5.41, 5.74) is 0.483. The number of non-ortho nitro benzene ring substituents is 1. The number of carbonyl (C=O) groups is 2. The van der Waals surface area contributed by atoms with Crippen molar-refractivity contribution < 1.29 is 27.7 Å². The van der Waals surface area contributed by atoms with Crippen molar-refractivity contribution in [3.63, 3.8) is 0 Å². The summed E-state index contributed by atoms with van der Waals surface area (Å²) < 4.78 is 38.7. The summed E-state index contributed by atoms with van der Waals surface area (Å²) in [5, 5.41) is 13.1. The Bertz CT molecular complexity index is 1260. The van der Waals surface area contributed by atoms with E-state index in [1.54, 1.807) is 24.3 Å². The summed E-state index contributed by atoms with van der Waals surface area (Å²) in [6.45, 7) is 0. The smallest absolute Gasteiger partial charge is 0.322 e. The minimum absolute atomic E-state index is 0.108. The molecule has 34 heavy (non-hydrogen) atoms. The van der Waals surface area contributed by atoms with Gasteiger partial charge in [-0.25, -0.2) is 0 Å². The van der Waals surface area contributed by atoms with Crippen molar-refractivity contribution in [1.29, 1.82) is 0 Å². The summed E-state index contributed by atoms with van der Waals surface area (Å²) in [5.74, 6) is -0.646. The number of nitrogens with one attached hydrogen (secondary N) is 1. The first-order valence-electron chi connectivity index (χ1n) is 9.90. The van der Waals surface area contributed by atoms with E-state index in [-0.39, 0.29) is 22.9 Å². The minimum Gasteiger partial charge on any atom is -0.322 e. The molecule has 1 aliphatic heterocycles. The monoisotopic (exact) mass is 487 g/mol. The summed E-state index contributed by atoms with van der Waals surface area (Å²) >= 11 is 1.31. The van der Waals surface area contributed by atoms with Crippen LogP contribution in [0, 0.1) is 10.1 Å². The molecular formula is C23H16F3N3O4S. The van der Waals surface area contributed by atoms with Crippen LogP contribution in [-0.2, 0) is 11.0 Å². The summed E-state index contributed by atoms with van der Waals surface area (Å²) in [6.07, 6.45) is -4.48. The number of nitro groups is 1. The molecule has 0 aliphatic carbocycles. The second-order valence-corrected chi connectivity index (χ2v) is 8.43.